The summed E-state index contributed by atoms with van der Waals surface area (Å²) >= 11 is 0. The molecule has 0 aliphatic carbocycles. The molecule has 0 aliphatic rings. The molecule has 0 saturated carbocycles. The maximum absolute atomic E-state index is 11.8. The number of rotatable bonds is 3. The van der Waals surface area contributed by atoms with Crippen LogP contribution in [0.15, 0.2) is 24.3 Å². The van der Waals surface area contributed by atoms with Crippen molar-refractivity contribution in [1.29, 1.82) is 0 Å². The summed E-state index contributed by atoms with van der Waals surface area (Å²) in [4.78, 5) is 11.8. The molecule has 0 heterocycles. The number of esters is 1. The van der Waals surface area contributed by atoms with Gasteiger partial charge in [0.15, 0.2) is 6.10 Å². The van der Waals surface area contributed by atoms with Crippen molar-refractivity contribution in [3.63, 3.8) is 0 Å². The summed E-state index contributed by atoms with van der Waals surface area (Å²) in [6.45, 7) is 14.0. The van der Waals surface area contributed by atoms with Crippen LogP contribution in [0.2, 0.25) is 0 Å². The molecular weight excluding hydrogens is 284 g/mol. The van der Waals surface area contributed by atoms with Gasteiger partial charge in [-0.1, -0.05) is 35.4 Å². The van der Waals surface area contributed by atoms with Gasteiger partial charge in [-0.15, -0.1) is 0 Å². The lowest BCUT2D eigenvalue weighted by Gasteiger charge is -2.25. The molecule has 0 unspecified atom stereocenters. The van der Waals surface area contributed by atoms with Crippen molar-refractivity contribution in [3.05, 3.63) is 68.8 Å². The van der Waals surface area contributed by atoms with Gasteiger partial charge < -0.3 is 4.74 Å². The number of hydrogen-bond acceptors (Lipinski definition) is 2. The Morgan fingerprint density at radius 2 is 1.04 bits per heavy atom. The van der Waals surface area contributed by atoms with Gasteiger partial charge in [0.25, 0.3) is 0 Å². The third-order valence-corrected chi connectivity index (χ3v) is 4.28. The summed E-state index contributed by atoms with van der Waals surface area (Å²) in [7, 11) is 0. The minimum absolute atomic E-state index is 0.256. The van der Waals surface area contributed by atoms with Crippen LogP contribution < -0.4 is 0 Å². The summed E-state index contributed by atoms with van der Waals surface area (Å²) in [5.41, 5.74) is 9.29. The first-order chi connectivity index (χ1) is 10.7. The number of benzene rings is 2. The summed E-state index contributed by atoms with van der Waals surface area (Å²) in [6.07, 6.45) is -0.353. The average Bonchev–Trinajstić information content (AvgIpc) is 2.34. The molecule has 23 heavy (non-hydrogen) atoms. The van der Waals surface area contributed by atoms with Crippen LogP contribution in [-0.4, -0.2) is 5.97 Å². The van der Waals surface area contributed by atoms with E-state index in [0.717, 1.165) is 33.4 Å². The van der Waals surface area contributed by atoms with Crippen molar-refractivity contribution >= 4 is 5.97 Å². The van der Waals surface area contributed by atoms with E-state index in [-0.39, 0.29) is 12.1 Å². The highest BCUT2D eigenvalue weighted by molar-refractivity contribution is 5.67. The quantitative estimate of drug-likeness (QED) is 0.729. The van der Waals surface area contributed by atoms with E-state index in [9.17, 15) is 4.79 Å². The number of aryl methyl sites for hydroxylation is 6. The molecule has 0 aromatic heterocycles. The molecule has 122 valence electrons. The van der Waals surface area contributed by atoms with Crippen LogP contribution in [0.4, 0.5) is 0 Å². The molecule has 0 radical (unpaired) electrons. The highest BCUT2D eigenvalue weighted by Crippen LogP contribution is 2.36. The Morgan fingerprint density at radius 3 is 1.30 bits per heavy atom. The van der Waals surface area contributed by atoms with E-state index in [4.69, 9.17) is 4.74 Å². The molecule has 0 spiro atoms. The normalized spacial score (nSPS) is 11.0. The van der Waals surface area contributed by atoms with Gasteiger partial charge in [0.1, 0.15) is 0 Å². The highest BCUT2D eigenvalue weighted by Gasteiger charge is 2.25. The van der Waals surface area contributed by atoms with Gasteiger partial charge in [-0.2, -0.15) is 0 Å². The number of carbonyl (C=O) groups is 1. The van der Waals surface area contributed by atoms with E-state index in [0.29, 0.717) is 0 Å². The van der Waals surface area contributed by atoms with Crippen LogP contribution in [0, 0.1) is 41.5 Å². The molecule has 0 N–H and O–H groups in total. The fourth-order valence-corrected chi connectivity index (χ4v) is 3.64. The first kappa shape index (κ1) is 17.3. The van der Waals surface area contributed by atoms with E-state index in [1.54, 1.807) is 0 Å². The van der Waals surface area contributed by atoms with Gasteiger partial charge in [0, 0.05) is 18.1 Å². The van der Waals surface area contributed by atoms with Gasteiger partial charge in [0.05, 0.1) is 0 Å². The third-order valence-electron chi connectivity index (χ3n) is 4.28. The largest absolute Gasteiger partial charge is 0.453 e. The first-order valence-electron chi connectivity index (χ1n) is 8.03. The molecule has 2 rings (SSSR count). The van der Waals surface area contributed by atoms with Gasteiger partial charge >= 0.3 is 5.97 Å². The molecule has 0 bridgehead atoms. The van der Waals surface area contributed by atoms with Crippen molar-refractivity contribution in [3.8, 4) is 0 Å². The number of hydrogen-bond donors (Lipinski definition) is 0. The minimum Gasteiger partial charge on any atom is -0.453 e. The SMILES string of the molecule is CC(=O)OC(c1c(C)cc(C)cc1C)c1c(C)cc(C)cc1C. The molecule has 0 saturated heterocycles. The second-order valence-electron chi connectivity index (χ2n) is 6.61. The maximum Gasteiger partial charge on any atom is 0.303 e. The van der Waals surface area contributed by atoms with Crippen molar-refractivity contribution in [2.24, 2.45) is 0 Å². The summed E-state index contributed by atoms with van der Waals surface area (Å²) in [5.74, 6) is -0.256. The lowest BCUT2D eigenvalue weighted by Crippen LogP contribution is -2.15. The van der Waals surface area contributed by atoms with Crippen LogP contribution in [0.3, 0.4) is 0 Å². The Hall–Kier alpha value is -2.09. The predicted octanol–water partition coefficient (Wildman–Crippen LogP) is 5.19. The lowest BCUT2D eigenvalue weighted by atomic mass is 9.87. The Morgan fingerprint density at radius 1 is 0.739 bits per heavy atom. The van der Waals surface area contributed by atoms with Gasteiger partial charge in [0.2, 0.25) is 0 Å². The van der Waals surface area contributed by atoms with Crippen LogP contribution in [0.1, 0.15) is 57.5 Å². The average molecular weight is 310 g/mol. The van der Waals surface area contributed by atoms with Gasteiger partial charge in [-0.05, 0) is 63.8 Å². The molecule has 2 aromatic carbocycles. The zero-order valence-electron chi connectivity index (χ0n) is 15.2. The van der Waals surface area contributed by atoms with Crippen LogP contribution in [0.25, 0.3) is 0 Å². The second kappa shape index (κ2) is 6.57. The van der Waals surface area contributed by atoms with Crippen molar-refractivity contribution < 1.29 is 9.53 Å². The Bertz CT molecular complexity index is 653. The van der Waals surface area contributed by atoms with Crippen molar-refractivity contribution in [1.82, 2.24) is 0 Å². The van der Waals surface area contributed by atoms with Crippen molar-refractivity contribution in [2.75, 3.05) is 0 Å². The fraction of sp³-hybridized carbons (Fsp3) is 0.381. The monoisotopic (exact) mass is 310 g/mol. The first-order valence-corrected chi connectivity index (χ1v) is 8.03. The molecular formula is C21H26O2. The number of carbonyl (C=O) groups excluding carboxylic acids is 1. The topological polar surface area (TPSA) is 26.3 Å². The zero-order valence-corrected chi connectivity index (χ0v) is 15.2. The van der Waals surface area contributed by atoms with Crippen molar-refractivity contribution in [2.45, 2.75) is 54.6 Å². The molecule has 0 atom stereocenters. The molecule has 0 aliphatic heterocycles. The van der Waals surface area contributed by atoms with E-state index >= 15 is 0 Å². The Kier molecular flexibility index (Phi) is 4.93. The number of ether oxygens (including phenoxy) is 1. The molecule has 0 fully saturated rings. The van der Waals surface area contributed by atoms with Crippen LogP contribution >= 0.6 is 0 Å². The maximum atomic E-state index is 11.8. The van der Waals surface area contributed by atoms with E-state index < -0.39 is 0 Å². The predicted molar refractivity (Wildman–Crippen MR) is 94.9 cm³/mol. The third kappa shape index (κ3) is 3.64. The smallest absolute Gasteiger partial charge is 0.303 e. The molecule has 2 aromatic rings. The lowest BCUT2D eigenvalue weighted by molar-refractivity contribution is -0.144. The standard InChI is InChI=1S/C21H26O2/c1-12-8-14(3)19(15(4)9-12)21(23-18(7)22)20-16(5)10-13(2)11-17(20)6/h8-11,21H,1-7H3. The van der Waals surface area contributed by atoms with Gasteiger partial charge in [-0.25, -0.2) is 0 Å². The fourth-order valence-electron chi connectivity index (χ4n) is 3.64. The molecule has 2 heteroatoms. The second-order valence-corrected chi connectivity index (χ2v) is 6.61. The Labute approximate surface area is 139 Å². The molecule has 0 amide bonds. The Balaban J connectivity index is 2.72. The van der Waals surface area contributed by atoms with E-state index in [1.807, 2.05) is 0 Å². The summed E-state index contributed by atoms with van der Waals surface area (Å²) in [6, 6.07) is 8.60. The van der Waals surface area contributed by atoms with E-state index in [1.165, 1.54) is 18.1 Å². The van der Waals surface area contributed by atoms with E-state index in [2.05, 4.69) is 65.8 Å². The minimum atomic E-state index is -0.353. The van der Waals surface area contributed by atoms with Gasteiger partial charge in [-0.3, -0.25) is 4.79 Å². The van der Waals surface area contributed by atoms with Crippen LogP contribution in [0.5, 0.6) is 0 Å². The van der Waals surface area contributed by atoms with Crippen LogP contribution in [-0.2, 0) is 9.53 Å². The molecule has 2 nitrogen and oxygen atoms in total. The highest BCUT2D eigenvalue weighted by atomic mass is 16.5. The summed E-state index contributed by atoms with van der Waals surface area (Å²) < 4.78 is 5.79. The zero-order chi connectivity index (χ0) is 17.3. The summed E-state index contributed by atoms with van der Waals surface area (Å²) in [5, 5.41) is 0.